The number of nitrogens with zero attached hydrogens (tertiary/aromatic N) is 4. The first-order valence-corrected chi connectivity index (χ1v) is 8.72. The van der Waals surface area contributed by atoms with Crippen LogP contribution in [0, 0.1) is 0 Å². The Hall–Kier alpha value is -2.27. The molecule has 0 radical (unpaired) electrons. The maximum atomic E-state index is 13.0. The van der Waals surface area contributed by atoms with Crippen LogP contribution in [0.4, 0.5) is 0 Å². The highest BCUT2D eigenvalue weighted by Crippen LogP contribution is 2.23. The normalized spacial score (nSPS) is 21.3. The van der Waals surface area contributed by atoms with E-state index in [1.165, 1.54) is 19.4 Å². The molecule has 124 valence electrons. The van der Waals surface area contributed by atoms with E-state index in [2.05, 4.69) is 14.9 Å². The molecule has 1 aromatic heterocycles. The number of benzene rings is 1. The van der Waals surface area contributed by atoms with E-state index in [9.17, 15) is 4.79 Å². The number of hydrogen-bond acceptors (Lipinski definition) is 4. The Kier molecular flexibility index (Phi) is 4.26. The van der Waals surface area contributed by atoms with Crippen LogP contribution in [0.2, 0.25) is 0 Å². The van der Waals surface area contributed by atoms with Gasteiger partial charge in [0.1, 0.15) is 0 Å². The fourth-order valence-electron chi connectivity index (χ4n) is 3.81. The number of carbonyl (C=O) groups is 1. The highest BCUT2D eigenvalue weighted by Gasteiger charge is 2.30. The Morgan fingerprint density at radius 2 is 1.88 bits per heavy atom. The Morgan fingerprint density at radius 3 is 2.75 bits per heavy atom. The molecule has 2 aliphatic heterocycles. The summed E-state index contributed by atoms with van der Waals surface area (Å²) in [4.78, 5) is 26.1. The second-order valence-corrected chi connectivity index (χ2v) is 6.59. The predicted octanol–water partition coefficient (Wildman–Crippen LogP) is 2.45. The van der Waals surface area contributed by atoms with Gasteiger partial charge < -0.3 is 4.90 Å². The summed E-state index contributed by atoms with van der Waals surface area (Å²) in [7, 11) is 0. The molecule has 1 amide bonds. The van der Waals surface area contributed by atoms with Gasteiger partial charge in [0, 0.05) is 49.2 Å². The first-order valence-electron chi connectivity index (χ1n) is 8.72. The molecular weight excluding hydrogens is 300 g/mol. The maximum absolute atomic E-state index is 13.0. The van der Waals surface area contributed by atoms with E-state index in [0.29, 0.717) is 11.9 Å². The lowest BCUT2D eigenvalue weighted by Gasteiger charge is -2.25. The third-order valence-corrected chi connectivity index (χ3v) is 5.02. The molecule has 5 heteroatoms. The molecule has 0 unspecified atom stereocenters. The van der Waals surface area contributed by atoms with Crippen molar-refractivity contribution in [3.8, 4) is 11.4 Å². The SMILES string of the molecule is O=C(c1cccc(-c2ncccn2)c1)N1CCCN2CCC[C@H]2C1. The van der Waals surface area contributed by atoms with Gasteiger partial charge in [-0.3, -0.25) is 9.69 Å². The van der Waals surface area contributed by atoms with Crippen LogP contribution < -0.4 is 0 Å². The number of amides is 1. The number of fused-ring (bicyclic) bond motifs is 1. The summed E-state index contributed by atoms with van der Waals surface area (Å²) in [5.41, 5.74) is 1.62. The summed E-state index contributed by atoms with van der Waals surface area (Å²) in [6.45, 7) is 4.00. The molecule has 0 spiro atoms. The van der Waals surface area contributed by atoms with Crippen molar-refractivity contribution in [2.75, 3.05) is 26.2 Å². The Labute approximate surface area is 142 Å². The van der Waals surface area contributed by atoms with Crippen molar-refractivity contribution in [2.45, 2.75) is 25.3 Å². The molecular formula is C19H22N4O. The molecule has 2 aliphatic rings. The number of hydrogen-bond donors (Lipinski definition) is 0. The zero-order chi connectivity index (χ0) is 16.4. The highest BCUT2D eigenvalue weighted by atomic mass is 16.2. The van der Waals surface area contributed by atoms with Crippen LogP contribution in [0.3, 0.4) is 0 Å². The minimum atomic E-state index is 0.126. The largest absolute Gasteiger partial charge is 0.337 e. The molecule has 0 bridgehead atoms. The fraction of sp³-hybridized carbons (Fsp3) is 0.421. The van der Waals surface area contributed by atoms with Crippen LogP contribution in [0.15, 0.2) is 42.7 Å². The predicted molar refractivity (Wildman–Crippen MR) is 92.6 cm³/mol. The van der Waals surface area contributed by atoms with Gasteiger partial charge in [0.25, 0.3) is 5.91 Å². The topological polar surface area (TPSA) is 49.3 Å². The van der Waals surface area contributed by atoms with E-state index in [1.54, 1.807) is 18.5 Å². The molecule has 2 saturated heterocycles. The monoisotopic (exact) mass is 322 g/mol. The first-order chi connectivity index (χ1) is 11.8. The molecule has 0 aliphatic carbocycles. The molecule has 3 heterocycles. The van der Waals surface area contributed by atoms with E-state index in [0.717, 1.165) is 37.2 Å². The van der Waals surface area contributed by atoms with Crippen molar-refractivity contribution in [2.24, 2.45) is 0 Å². The highest BCUT2D eigenvalue weighted by molar-refractivity contribution is 5.95. The van der Waals surface area contributed by atoms with Gasteiger partial charge in [0.2, 0.25) is 0 Å². The minimum absolute atomic E-state index is 0.126. The molecule has 24 heavy (non-hydrogen) atoms. The van der Waals surface area contributed by atoms with Gasteiger partial charge in [0.05, 0.1) is 0 Å². The van der Waals surface area contributed by atoms with Crippen molar-refractivity contribution >= 4 is 5.91 Å². The van der Waals surface area contributed by atoms with E-state index >= 15 is 0 Å². The van der Waals surface area contributed by atoms with Crippen LogP contribution in [0.1, 0.15) is 29.6 Å². The van der Waals surface area contributed by atoms with Crippen LogP contribution >= 0.6 is 0 Å². The van der Waals surface area contributed by atoms with Crippen molar-refractivity contribution in [1.29, 1.82) is 0 Å². The Balaban J connectivity index is 1.56. The maximum Gasteiger partial charge on any atom is 0.253 e. The summed E-state index contributed by atoms with van der Waals surface area (Å²) >= 11 is 0. The lowest BCUT2D eigenvalue weighted by Crippen LogP contribution is -2.39. The van der Waals surface area contributed by atoms with Crippen molar-refractivity contribution in [1.82, 2.24) is 19.8 Å². The number of carbonyl (C=O) groups excluding carboxylic acids is 1. The Morgan fingerprint density at radius 1 is 1.04 bits per heavy atom. The van der Waals surface area contributed by atoms with Gasteiger partial charge in [0.15, 0.2) is 5.82 Å². The van der Waals surface area contributed by atoms with E-state index in [1.807, 2.05) is 29.2 Å². The average Bonchev–Trinajstić information content (AvgIpc) is 2.99. The average molecular weight is 322 g/mol. The molecule has 5 nitrogen and oxygen atoms in total. The summed E-state index contributed by atoms with van der Waals surface area (Å²) in [6.07, 6.45) is 6.97. The zero-order valence-electron chi connectivity index (χ0n) is 13.8. The van der Waals surface area contributed by atoms with Crippen LogP contribution in [0.25, 0.3) is 11.4 Å². The van der Waals surface area contributed by atoms with Gasteiger partial charge in [-0.1, -0.05) is 12.1 Å². The van der Waals surface area contributed by atoms with E-state index in [-0.39, 0.29) is 5.91 Å². The molecule has 1 atom stereocenters. The molecule has 4 rings (SSSR count). The molecule has 0 N–H and O–H groups in total. The zero-order valence-corrected chi connectivity index (χ0v) is 13.8. The van der Waals surface area contributed by atoms with E-state index in [4.69, 9.17) is 0 Å². The molecule has 2 fully saturated rings. The summed E-state index contributed by atoms with van der Waals surface area (Å²) in [5, 5.41) is 0. The summed E-state index contributed by atoms with van der Waals surface area (Å²) in [5.74, 6) is 0.784. The number of aromatic nitrogens is 2. The lowest BCUT2D eigenvalue weighted by atomic mass is 10.1. The van der Waals surface area contributed by atoms with Gasteiger partial charge in [-0.25, -0.2) is 9.97 Å². The van der Waals surface area contributed by atoms with Crippen LogP contribution in [-0.4, -0.2) is 57.9 Å². The van der Waals surface area contributed by atoms with Crippen molar-refractivity contribution in [3.05, 3.63) is 48.3 Å². The van der Waals surface area contributed by atoms with Gasteiger partial charge in [-0.2, -0.15) is 0 Å². The van der Waals surface area contributed by atoms with Crippen molar-refractivity contribution in [3.63, 3.8) is 0 Å². The summed E-state index contributed by atoms with van der Waals surface area (Å²) < 4.78 is 0. The quantitative estimate of drug-likeness (QED) is 0.852. The lowest BCUT2D eigenvalue weighted by molar-refractivity contribution is 0.0743. The second kappa shape index (κ2) is 6.69. The third kappa shape index (κ3) is 3.04. The molecule has 0 saturated carbocycles. The van der Waals surface area contributed by atoms with Gasteiger partial charge in [-0.15, -0.1) is 0 Å². The third-order valence-electron chi connectivity index (χ3n) is 5.02. The second-order valence-electron chi connectivity index (χ2n) is 6.59. The molecule has 1 aromatic carbocycles. The van der Waals surface area contributed by atoms with Crippen LogP contribution in [-0.2, 0) is 0 Å². The standard InChI is InChI=1S/C19H22N4O/c24-19(23-12-4-11-22-10-2-7-17(22)14-23)16-6-1-5-15(13-16)18-20-8-3-9-21-18/h1,3,5-6,8-9,13,17H,2,4,7,10-12,14H2/t17-/m0/s1. The van der Waals surface area contributed by atoms with Gasteiger partial charge in [-0.05, 0) is 44.0 Å². The molecule has 2 aromatic rings. The smallest absolute Gasteiger partial charge is 0.253 e. The first kappa shape index (κ1) is 15.3. The minimum Gasteiger partial charge on any atom is -0.337 e. The Bertz CT molecular complexity index is 718. The van der Waals surface area contributed by atoms with E-state index < -0.39 is 0 Å². The van der Waals surface area contributed by atoms with Crippen molar-refractivity contribution < 1.29 is 4.79 Å². The van der Waals surface area contributed by atoms with Crippen LogP contribution in [0.5, 0.6) is 0 Å². The fourth-order valence-corrected chi connectivity index (χ4v) is 3.81. The summed E-state index contributed by atoms with van der Waals surface area (Å²) in [6, 6.07) is 10.0. The number of rotatable bonds is 2. The van der Waals surface area contributed by atoms with Gasteiger partial charge >= 0.3 is 0 Å².